The molecule has 0 unspecified atom stereocenters. The van der Waals surface area contributed by atoms with Gasteiger partial charge < -0.3 is 9.88 Å². The number of nitrogens with zero attached hydrogens (tertiary/aromatic N) is 5. The van der Waals surface area contributed by atoms with Crippen LogP contribution >= 0.6 is 11.3 Å². The molecule has 3 aromatic rings. The Hall–Kier alpha value is -2.02. The van der Waals surface area contributed by atoms with Crippen LogP contribution in [0.4, 0.5) is 5.82 Å². The molecule has 3 aromatic heterocycles. The maximum absolute atomic E-state index is 4.52. The Labute approximate surface area is 144 Å². The zero-order valence-corrected chi connectivity index (χ0v) is 14.3. The van der Waals surface area contributed by atoms with Gasteiger partial charge in [-0.1, -0.05) is 0 Å². The van der Waals surface area contributed by atoms with Crippen LogP contribution < -0.4 is 5.32 Å². The first-order chi connectivity index (χ1) is 11.9. The maximum Gasteiger partial charge on any atom is 0.138 e. The molecule has 3 heterocycles. The van der Waals surface area contributed by atoms with E-state index in [1.807, 2.05) is 17.7 Å². The number of aromatic nitrogens is 5. The van der Waals surface area contributed by atoms with Crippen LogP contribution in [0, 0.1) is 0 Å². The third-order valence-corrected chi connectivity index (χ3v) is 6.18. The number of aryl methyl sites for hydroxylation is 2. The minimum Gasteiger partial charge on any atom is -0.369 e. The van der Waals surface area contributed by atoms with Crippen molar-refractivity contribution in [3.8, 4) is 0 Å². The van der Waals surface area contributed by atoms with Crippen LogP contribution in [-0.4, -0.2) is 31.3 Å². The van der Waals surface area contributed by atoms with E-state index in [9.17, 15) is 0 Å². The van der Waals surface area contributed by atoms with Crippen molar-refractivity contribution in [1.82, 2.24) is 24.7 Å². The molecule has 0 aromatic carbocycles. The second-order valence-corrected chi connectivity index (χ2v) is 7.76. The van der Waals surface area contributed by atoms with Crippen LogP contribution in [0.3, 0.4) is 0 Å². The van der Waals surface area contributed by atoms with Crippen LogP contribution in [-0.2, 0) is 19.3 Å². The molecule has 0 radical (unpaired) electrons. The van der Waals surface area contributed by atoms with Crippen molar-refractivity contribution >= 4 is 27.4 Å². The second-order valence-electron chi connectivity index (χ2n) is 6.68. The van der Waals surface area contributed by atoms with E-state index in [1.54, 1.807) is 6.33 Å². The Morgan fingerprint density at radius 3 is 3.04 bits per heavy atom. The summed E-state index contributed by atoms with van der Waals surface area (Å²) < 4.78 is 2.23. The molecule has 0 aliphatic heterocycles. The van der Waals surface area contributed by atoms with Crippen molar-refractivity contribution in [2.45, 2.75) is 51.0 Å². The van der Waals surface area contributed by atoms with Gasteiger partial charge in [0.1, 0.15) is 29.1 Å². The molecule has 7 heteroatoms. The molecule has 1 fully saturated rings. The summed E-state index contributed by atoms with van der Waals surface area (Å²) in [6, 6.07) is 0.629. The fraction of sp³-hybridized carbons (Fsp3) is 0.529. The highest BCUT2D eigenvalue weighted by atomic mass is 32.1. The first-order valence-electron chi connectivity index (χ1n) is 8.77. The van der Waals surface area contributed by atoms with Crippen LogP contribution in [0.5, 0.6) is 0 Å². The van der Waals surface area contributed by atoms with E-state index in [-0.39, 0.29) is 0 Å². The summed E-state index contributed by atoms with van der Waals surface area (Å²) in [6.07, 6.45) is 11.9. The van der Waals surface area contributed by atoms with Crippen molar-refractivity contribution in [3.05, 3.63) is 28.9 Å². The molecule has 1 N–H and O–H groups in total. The highest BCUT2D eigenvalue weighted by molar-refractivity contribution is 7.19. The van der Waals surface area contributed by atoms with Gasteiger partial charge in [0.05, 0.1) is 5.39 Å². The Morgan fingerprint density at radius 1 is 1.21 bits per heavy atom. The van der Waals surface area contributed by atoms with Gasteiger partial charge in [-0.15, -0.1) is 21.5 Å². The topological polar surface area (TPSA) is 68.5 Å². The number of anilines is 1. The maximum atomic E-state index is 4.52. The summed E-state index contributed by atoms with van der Waals surface area (Å²) in [5.74, 6) is 2.06. The SMILES string of the molecule is c1nc(NCCc2nncn2C2CC2)c2c3c(sc2n1)CCCC3. The molecule has 0 saturated heterocycles. The monoisotopic (exact) mass is 340 g/mol. The summed E-state index contributed by atoms with van der Waals surface area (Å²) in [5, 5.41) is 13.1. The summed E-state index contributed by atoms with van der Waals surface area (Å²) >= 11 is 1.84. The van der Waals surface area contributed by atoms with Crippen molar-refractivity contribution in [3.63, 3.8) is 0 Å². The number of hydrogen-bond donors (Lipinski definition) is 1. The first kappa shape index (κ1) is 14.3. The van der Waals surface area contributed by atoms with Crippen LogP contribution in [0.1, 0.15) is 48.0 Å². The average molecular weight is 340 g/mol. The lowest BCUT2D eigenvalue weighted by Gasteiger charge is -2.12. The normalized spacial score (nSPS) is 17.2. The summed E-state index contributed by atoms with van der Waals surface area (Å²) in [7, 11) is 0. The molecule has 0 bridgehead atoms. The zero-order valence-electron chi connectivity index (χ0n) is 13.5. The fourth-order valence-electron chi connectivity index (χ4n) is 3.62. The van der Waals surface area contributed by atoms with Crippen molar-refractivity contribution in [2.75, 3.05) is 11.9 Å². The molecule has 5 rings (SSSR count). The largest absolute Gasteiger partial charge is 0.369 e. The number of nitrogens with one attached hydrogen (secondary N) is 1. The molecule has 0 amide bonds. The Kier molecular flexibility index (Phi) is 3.47. The van der Waals surface area contributed by atoms with E-state index in [1.165, 1.54) is 47.9 Å². The smallest absolute Gasteiger partial charge is 0.138 e. The van der Waals surface area contributed by atoms with Gasteiger partial charge >= 0.3 is 0 Å². The molecule has 2 aliphatic carbocycles. The molecular formula is C17H20N6S. The van der Waals surface area contributed by atoms with E-state index in [2.05, 4.69) is 30.0 Å². The molecule has 0 spiro atoms. The van der Waals surface area contributed by atoms with Gasteiger partial charge in [0.15, 0.2) is 0 Å². The summed E-state index contributed by atoms with van der Waals surface area (Å²) in [5.41, 5.74) is 1.48. The van der Waals surface area contributed by atoms with E-state index in [0.717, 1.165) is 35.9 Å². The quantitative estimate of drug-likeness (QED) is 0.773. The van der Waals surface area contributed by atoms with E-state index in [4.69, 9.17) is 0 Å². The lowest BCUT2D eigenvalue weighted by Crippen LogP contribution is -2.11. The lowest BCUT2D eigenvalue weighted by atomic mass is 9.97. The standard InChI is InChI=1S/C17H20N6S/c1-2-4-13-12(3-1)15-16(19-9-20-17(15)24-13)18-8-7-14-22-21-10-23(14)11-5-6-11/h9-11H,1-8H2,(H,18,19,20). The minimum atomic E-state index is 0.629. The summed E-state index contributed by atoms with van der Waals surface area (Å²) in [6.45, 7) is 0.822. The van der Waals surface area contributed by atoms with Gasteiger partial charge in [-0.2, -0.15) is 0 Å². The highest BCUT2D eigenvalue weighted by Crippen LogP contribution is 2.38. The van der Waals surface area contributed by atoms with Crippen LogP contribution in [0.2, 0.25) is 0 Å². The Balaban J connectivity index is 1.37. The van der Waals surface area contributed by atoms with Gasteiger partial charge in [-0.25, -0.2) is 9.97 Å². The van der Waals surface area contributed by atoms with Gasteiger partial charge in [-0.3, -0.25) is 0 Å². The molecule has 6 nitrogen and oxygen atoms in total. The number of rotatable bonds is 5. The van der Waals surface area contributed by atoms with Gasteiger partial charge in [-0.05, 0) is 44.1 Å². The molecule has 24 heavy (non-hydrogen) atoms. The third kappa shape index (κ3) is 2.47. The van der Waals surface area contributed by atoms with Crippen molar-refractivity contribution in [2.24, 2.45) is 0 Å². The number of thiophene rings is 1. The van der Waals surface area contributed by atoms with Gasteiger partial charge in [0.2, 0.25) is 0 Å². The first-order valence-corrected chi connectivity index (χ1v) is 9.59. The van der Waals surface area contributed by atoms with Crippen molar-refractivity contribution < 1.29 is 0 Å². The minimum absolute atomic E-state index is 0.629. The molecule has 1 saturated carbocycles. The molecule has 124 valence electrons. The highest BCUT2D eigenvalue weighted by Gasteiger charge is 2.26. The van der Waals surface area contributed by atoms with E-state index < -0.39 is 0 Å². The number of fused-ring (bicyclic) bond motifs is 3. The lowest BCUT2D eigenvalue weighted by molar-refractivity contribution is 0.681. The van der Waals surface area contributed by atoms with Gasteiger partial charge in [0, 0.05) is 23.9 Å². The van der Waals surface area contributed by atoms with Gasteiger partial charge in [0.25, 0.3) is 0 Å². The second kappa shape index (κ2) is 5.81. The predicted molar refractivity (Wildman–Crippen MR) is 94.5 cm³/mol. The summed E-state index contributed by atoms with van der Waals surface area (Å²) in [4.78, 5) is 11.6. The Bertz CT molecular complexity index is 878. The van der Waals surface area contributed by atoms with E-state index >= 15 is 0 Å². The fourth-order valence-corrected chi connectivity index (χ4v) is 4.85. The Morgan fingerprint density at radius 2 is 2.12 bits per heavy atom. The zero-order chi connectivity index (χ0) is 15.9. The molecular weight excluding hydrogens is 320 g/mol. The molecule has 2 aliphatic rings. The van der Waals surface area contributed by atoms with Crippen molar-refractivity contribution in [1.29, 1.82) is 0 Å². The van der Waals surface area contributed by atoms with Crippen LogP contribution in [0.25, 0.3) is 10.2 Å². The molecule has 0 atom stereocenters. The van der Waals surface area contributed by atoms with Crippen LogP contribution in [0.15, 0.2) is 12.7 Å². The predicted octanol–water partition coefficient (Wildman–Crippen LogP) is 3.15. The number of hydrogen-bond acceptors (Lipinski definition) is 6. The average Bonchev–Trinajstić information content (AvgIpc) is 3.22. The van der Waals surface area contributed by atoms with E-state index in [0.29, 0.717) is 6.04 Å². The third-order valence-electron chi connectivity index (χ3n) is 4.98.